The van der Waals surface area contributed by atoms with Crippen LogP contribution in [-0.4, -0.2) is 25.7 Å². The van der Waals surface area contributed by atoms with Crippen molar-refractivity contribution in [2.75, 3.05) is 29.9 Å². The number of hydrogen-bond donors (Lipinski definition) is 2. The van der Waals surface area contributed by atoms with Gasteiger partial charge in [-0.15, -0.1) is 0 Å². The second-order valence-corrected chi connectivity index (χ2v) is 7.39. The van der Waals surface area contributed by atoms with Crippen molar-refractivity contribution in [3.8, 4) is 5.75 Å². The maximum Gasteiger partial charge on any atom is 0.319 e. The molecular weight excluding hydrogens is 357 g/mol. The highest BCUT2D eigenvalue weighted by Gasteiger charge is 2.23. The van der Waals surface area contributed by atoms with Crippen LogP contribution in [0.1, 0.15) is 43.7 Å². The first-order valence-corrected chi connectivity index (χ1v) is 10.0. The quantitative estimate of drug-likeness (QED) is 0.797. The van der Waals surface area contributed by atoms with E-state index in [-0.39, 0.29) is 17.9 Å². The lowest BCUT2D eigenvalue weighted by atomic mass is 10.0. The Labute approximate surface area is 164 Å². The number of piperidine rings is 1. The number of nitrogens with zero attached hydrogens (tertiary/aromatic N) is 1. The topological polar surface area (TPSA) is 53.6 Å². The molecule has 0 aromatic heterocycles. The van der Waals surface area contributed by atoms with Gasteiger partial charge in [-0.25, -0.2) is 9.18 Å². The van der Waals surface area contributed by atoms with Crippen LogP contribution in [-0.2, 0) is 0 Å². The van der Waals surface area contributed by atoms with Crippen molar-refractivity contribution >= 4 is 17.4 Å². The molecule has 1 saturated heterocycles. The summed E-state index contributed by atoms with van der Waals surface area (Å²) < 4.78 is 19.4. The Morgan fingerprint density at radius 3 is 2.75 bits per heavy atom. The zero-order valence-corrected chi connectivity index (χ0v) is 15.9. The van der Waals surface area contributed by atoms with Crippen LogP contribution in [0.5, 0.6) is 5.75 Å². The highest BCUT2D eigenvalue weighted by molar-refractivity contribution is 5.93. The molecule has 0 unspecified atom stereocenters. The Kier molecular flexibility index (Phi) is 5.65. The predicted molar refractivity (Wildman–Crippen MR) is 109 cm³/mol. The molecule has 1 atom stereocenters. The van der Waals surface area contributed by atoms with E-state index in [0.717, 1.165) is 30.9 Å². The van der Waals surface area contributed by atoms with Gasteiger partial charge in [-0.1, -0.05) is 12.1 Å². The Morgan fingerprint density at radius 1 is 1.07 bits per heavy atom. The molecule has 1 fully saturated rings. The Bertz CT molecular complexity index is 836. The number of halogens is 1. The van der Waals surface area contributed by atoms with E-state index in [4.69, 9.17) is 4.74 Å². The molecule has 0 saturated carbocycles. The van der Waals surface area contributed by atoms with Gasteiger partial charge in [0.2, 0.25) is 0 Å². The molecule has 2 aliphatic heterocycles. The molecule has 0 radical (unpaired) electrons. The van der Waals surface area contributed by atoms with Crippen molar-refractivity contribution in [2.24, 2.45) is 0 Å². The van der Waals surface area contributed by atoms with E-state index in [2.05, 4.69) is 15.5 Å². The molecule has 4 rings (SSSR count). The Hall–Kier alpha value is -2.76. The number of carbonyl (C=O) groups excluding carboxylic acids is 1. The van der Waals surface area contributed by atoms with Gasteiger partial charge in [-0.2, -0.15) is 0 Å². The zero-order chi connectivity index (χ0) is 19.3. The van der Waals surface area contributed by atoms with E-state index < -0.39 is 0 Å². The number of ether oxygens (including phenoxy) is 1. The largest absolute Gasteiger partial charge is 0.493 e. The van der Waals surface area contributed by atoms with E-state index in [1.807, 2.05) is 24.3 Å². The number of amides is 2. The molecule has 148 valence electrons. The maximum absolute atomic E-state index is 13.8. The van der Waals surface area contributed by atoms with Gasteiger partial charge in [0, 0.05) is 18.7 Å². The van der Waals surface area contributed by atoms with Crippen LogP contribution in [0, 0.1) is 5.82 Å². The molecule has 2 N–H and O–H groups in total. The van der Waals surface area contributed by atoms with Gasteiger partial charge in [0.15, 0.2) is 0 Å². The SMILES string of the molecule is O=C(Nc1ccccc1N1CCCCC1)N[C@H]1CCCOc2ccc(F)cc21. The van der Waals surface area contributed by atoms with E-state index >= 15 is 0 Å². The van der Waals surface area contributed by atoms with Gasteiger partial charge in [-0.05, 0) is 62.4 Å². The number of fused-ring (bicyclic) bond motifs is 1. The normalized spacial score (nSPS) is 19.2. The summed E-state index contributed by atoms with van der Waals surface area (Å²) in [6.07, 6.45) is 5.10. The average Bonchev–Trinajstić information content (AvgIpc) is 2.91. The Morgan fingerprint density at radius 2 is 1.89 bits per heavy atom. The average molecular weight is 383 g/mol. The van der Waals surface area contributed by atoms with Crippen LogP contribution in [0.25, 0.3) is 0 Å². The molecule has 2 aromatic carbocycles. The third-order valence-corrected chi connectivity index (χ3v) is 5.40. The van der Waals surface area contributed by atoms with Gasteiger partial charge in [-0.3, -0.25) is 0 Å². The van der Waals surface area contributed by atoms with Crippen LogP contribution in [0.15, 0.2) is 42.5 Å². The summed E-state index contributed by atoms with van der Waals surface area (Å²) in [5.74, 6) is 0.310. The third kappa shape index (κ3) is 4.21. The minimum atomic E-state index is -0.327. The number of benzene rings is 2. The number of nitrogens with one attached hydrogen (secondary N) is 2. The summed E-state index contributed by atoms with van der Waals surface area (Å²) >= 11 is 0. The van der Waals surface area contributed by atoms with Crippen molar-refractivity contribution in [1.29, 1.82) is 0 Å². The number of urea groups is 1. The molecule has 5 nitrogen and oxygen atoms in total. The molecule has 0 aliphatic carbocycles. The van der Waals surface area contributed by atoms with E-state index in [1.54, 1.807) is 6.07 Å². The number of para-hydroxylation sites is 2. The number of rotatable bonds is 3. The predicted octanol–water partition coefficient (Wildman–Crippen LogP) is 4.85. The molecule has 2 aliphatic rings. The van der Waals surface area contributed by atoms with Crippen LogP contribution >= 0.6 is 0 Å². The van der Waals surface area contributed by atoms with E-state index in [9.17, 15) is 9.18 Å². The lowest BCUT2D eigenvalue weighted by Gasteiger charge is -2.30. The zero-order valence-electron chi connectivity index (χ0n) is 15.9. The van der Waals surface area contributed by atoms with Crippen LogP contribution < -0.4 is 20.3 Å². The van der Waals surface area contributed by atoms with Crippen molar-refractivity contribution in [3.63, 3.8) is 0 Å². The molecule has 6 heteroatoms. The number of hydrogen-bond acceptors (Lipinski definition) is 3. The minimum absolute atomic E-state index is 0.282. The molecule has 2 heterocycles. The summed E-state index contributed by atoms with van der Waals surface area (Å²) in [6, 6.07) is 11.8. The summed E-state index contributed by atoms with van der Waals surface area (Å²) in [5.41, 5.74) is 2.54. The Balaban J connectivity index is 1.49. The van der Waals surface area contributed by atoms with Gasteiger partial charge in [0.25, 0.3) is 0 Å². The molecule has 28 heavy (non-hydrogen) atoms. The van der Waals surface area contributed by atoms with Gasteiger partial charge < -0.3 is 20.3 Å². The van der Waals surface area contributed by atoms with Crippen molar-refractivity contribution in [3.05, 3.63) is 53.8 Å². The monoisotopic (exact) mass is 383 g/mol. The molecular formula is C22H26FN3O2. The standard InChI is InChI=1S/C22H26FN3O2/c23-16-10-11-21-17(15-16)18(8-6-14-28-21)24-22(27)25-19-7-2-3-9-20(19)26-12-4-1-5-13-26/h2-3,7,9-11,15,18H,1,4-6,8,12-14H2,(H2,24,25,27)/t18-/m0/s1. The molecule has 0 spiro atoms. The van der Waals surface area contributed by atoms with E-state index in [0.29, 0.717) is 24.3 Å². The van der Waals surface area contributed by atoms with Crippen molar-refractivity contribution in [1.82, 2.24) is 5.32 Å². The summed E-state index contributed by atoms with van der Waals surface area (Å²) in [4.78, 5) is 15.1. The second-order valence-electron chi connectivity index (χ2n) is 7.39. The van der Waals surface area contributed by atoms with Gasteiger partial charge in [0.1, 0.15) is 11.6 Å². The van der Waals surface area contributed by atoms with Gasteiger partial charge >= 0.3 is 6.03 Å². The molecule has 2 aromatic rings. The van der Waals surface area contributed by atoms with Crippen LogP contribution in [0.3, 0.4) is 0 Å². The maximum atomic E-state index is 13.8. The first-order chi connectivity index (χ1) is 13.7. The van der Waals surface area contributed by atoms with E-state index in [1.165, 1.54) is 31.4 Å². The highest BCUT2D eigenvalue weighted by atomic mass is 19.1. The summed E-state index contributed by atoms with van der Waals surface area (Å²) in [6.45, 7) is 2.58. The molecule has 2 amide bonds. The fourth-order valence-electron chi connectivity index (χ4n) is 4.00. The lowest BCUT2D eigenvalue weighted by molar-refractivity contribution is 0.247. The lowest BCUT2D eigenvalue weighted by Crippen LogP contribution is -2.34. The first-order valence-electron chi connectivity index (χ1n) is 10.0. The summed E-state index contributed by atoms with van der Waals surface area (Å²) in [7, 11) is 0. The second kappa shape index (κ2) is 8.50. The van der Waals surface area contributed by atoms with Crippen molar-refractivity contribution in [2.45, 2.75) is 38.1 Å². The van der Waals surface area contributed by atoms with Crippen LogP contribution in [0.2, 0.25) is 0 Å². The first kappa shape index (κ1) is 18.6. The van der Waals surface area contributed by atoms with Gasteiger partial charge in [0.05, 0.1) is 24.0 Å². The molecule has 0 bridgehead atoms. The summed E-state index contributed by atoms with van der Waals surface area (Å²) in [5, 5.41) is 6.00. The number of anilines is 2. The third-order valence-electron chi connectivity index (χ3n) is 5.40. The van der Waals surface area contributed by atoms with Crippen LogP contribution in [0.4, 0.5) is 20.6 Å². The number of carbonyl (C=O) groups is 1. The smallest absolute Gasteiger partial charge is 0.319 e. The minimum Gasteiger partial charge on any atom is -0.493 e. The fraction of sp³-hybridized carbons (Fsp3) is 0.409. The highest BCUT2D eigenvalue weighted by Crippen LogP contribution is 2.33. The van der Waals surface area contributed by atoms with Crippen molar-refractivity contribution < 1.29 is 13.9 Å². The fourth-order valence-corrected chi connectivity index (χ4v) is 4.00.